The van der Waals surface area contributed by atoms with Crippen LogP contribution in [0.5, 0.6) is 11.5 Å². The Kier molecular flexibility index (Phi) is 7.54. The van der Waals surface area contributed by atoms with Crippen molar-refractivity contribution in [1.29, 1.82) is 0 Å². The minimum atomic E-state index is -0.688. The van der Waals surface area contributed by atoms with Crippen LogP contribution in [0.25, 0.3) is 0 Å². The molecule has 0 unspecified atom stereocenters. The van der Waals surface area contributed by atoms with Crippen molar-refractivity contribution in [2.45, 2.75) is 33.7 Å². The average molecular weight is 437 g/mol. The lowest BCUT2D eigenvalue weighted by Gasteiger charge is -2.14. The first-order valence-corrected chi connectivity index (χ1v) is 10.3. The molecule has 0 bridgehead atoms. The number of nitrogens with zero attached hydrogens (tertiary/aromatic N) is 1. The van der Waals surface area contributed by atoms with Gasteiger partial charge in [-0.2, -0.15) is 0 Å². The van der Waals surface area contributed by atoms with E-state index in [0.29, 0.717) is 34.0 Å². The Bertz CT molecular complexity index is 1130. The fourth-order valence-corrected chi connectivity index (χ4v) is 3.19. The highest BCUT2D eigenvalue weighted by molar-refractivity contribution is 5.96. The fraction of sp³-hybridized carbons (Fsp3) is 0.200. The number of aromatic nitrogens is 1. The van der Waals surface area contributed by atoms with Crippen LogP contribution in [0, 0.1) is 18.6 Å². The second kappa shape index (κ2) is 10.5. The van der Waals surface area contributed by atoms with E-state index >= 15 is 0 Å². The van der Waals surface area contributed by atoms with Crippen LogP contribution in [0.1, 0.15) is 41.8 Å². The summed E-state index contributed by atoms with van der Waals surface area (Å²) >= 11 is 0. The topological polar surface area (TPSA) is 63.2 Å². The smallest absolute Gasteiger partial charge is 0.251 e. The van der Waals surface area contributed by atoms with Gasteiger partial charge < -0.3 is 15.4 Å². The standard InChI is InChI=1S/C25H25F2N3O2/c1-4-6-16(2)30-24-14-21(9-10-28-24)32-23-8-5-7-22(17(23)3)25(31)29-15-18-11-19(26)13-20(27)12-18/h5-14H,4,15H2,1-3H3,(H,28,30)(H,29,31)/b16-6+. The van der Waals surface area contributed by atoms with E-state index in [9.17, 15) is 13.6 Å². The van der Waals surface area contributed by atoms with E-state index in [0.717, 1.165) is 18.2 Å². The minimum absolute atomic E-state index is 0.00203. The maximum atomic E-state index is 13.4. The van der Waals surface area contributed by atoms with Gasteiger partial charge in [0.05, 0.1) is 0 Å². The van der Waals surface area contributed by atoms with Crippen molar-refractivity contribution in [2.24, 2.45) is 0 Å². The number of benzene rings is 2. The Morgan fingerprint density at radius 3 is 2.59 bits per heavy atom. The molecule has 3 rings (SSSR count). The first-order chi connectivity index (χ1) is 15.4. The summed E-state index contributed by atoms with van der Waals surface area (Å²) in [5, 5.41) is 5.90. The molecule has 2 N–H and O–H groups in total. The van der Waals surface area contributed by atoms with Crippen molar-refractivity contribution in [3.05, 3.63) is 94.8 Å². The molecular weight excluding hydrogens is 412 g/mol. The number of pyridine rings is 1. The highest BCUT2D eigenvalue weighted by Gasteiger charge is 2.14. The first-order valence-electron chi connectivity index (χ1n) is 10.3. The van der Waals surface area contributed by atoms with Crippen LogP contribution in [-0.4, -0.2) is 10.9 Å². The molecular formula is C25H25F2N3O2. The van der Waals surface area contributed by atoms with Crippen molar-refractivity contribution in [3.8, 4) is 11.5 Å². The molecule has 0 saturated carbocycles. The van der Waals surface area contributed by atoms with E-state index < -0.39 is 11.6 Å². The van der Waals surface area contributed by atoms with E-state index in [1.165, 1.54) is 12.1 Å². The molecule has 0 saturated heterocycles. The van der Waals surface area contributed by atoms with Crippen LogP contribution < -0.4 is 15.4 Å². The monoisotopic (exact) mass is 437 g/mol. The normalized spacial score (nSPS) is 11.2. The molecule has 7 heteroatoms. The van der Waals surface area contributed by atoms with Gasteiger partial charge in [0.15, 0.2) is 0 Å². The molecule has 2 aromatic carbocycles. The molecule has 3 aromatic rings. The summed E-state index contributed by atoms with van der Waals surface area (Å²) in [6, 6.07) is 11.8. The Labute approximate surface area is 186 Å². The number of ether oxygens (including phenoxy) is 1. The number of nitrogens with one attached hydrogen (secondary N) is 2. The van der Waals surface area contributed by atoms with E-state index in [-0.39, 0.29) is 12.5 Å². The molecule has 1 amide bonds. The molecule has 166 valence electrons. The van der Waals surface area contributed by atoms with Gasteiger partial charge >= 0.3 is 0 Å². The largest absolute Gasteiger partial charge is 0.457 e. The van der Waals surface area contributed by atoms with E-state index in [1.54, 1.807) is 43.5 Å². The zero-order valence-corrected chi connectivity index (χ0v) is 18.2. The molecule has 0 fully saturated rings. The number of anilines is 1. The number of allylic oxidation sites excluding steroid dienone is 2. The van der Waals surface area contributed by atoms with E-state index in [2.05, 4.69) is 28.6 Å². The second-order valence-corrected chi connectivity index (χ2v) is 7.29. The zero-order chi connectivity index (χ0) is 23.1. The molecule has 1 heterocycles. The number of hydrogen-bond acceptors (Lipinski definition) is 4. The summed E-state index contributed by atoms with van der Waals surface area (Å²) < 4.78 is 32.7. The van der Waals surface area contributed by atoms with Crippen LogP contribution >= 0.6 is 0 Å². The lowest BCUT2D eigenvalue weighted by atomic mass is 10.1. The Balaban J connectivity index is 1.72. The molecule has 0 radical (unpaired) electrons. The summed E-state index contributed by atoms with van der Waals surface area (Å²) in [6.07, 6.45) is 4.61. The molecule has 0 atom stereocenters. The summed E-state index contributed by atoms with van der Waals surface area (Å²) in [7, 11) is 0. The highest BCUT2D eigenvalue weighted by Crippen LogP contribution is 2.28. The summed E-state index contributed by atoms with van der Waals surface area (Å²) in [5.41, 5.74) is 2.38. The van der Waals surface area contributed by atoms with Gasteiger partial charge in [0.1, 0.15) is 29.0 Å². The van der Waals surface area contributed by atoms with Gasteiger partial charge in [-0.15, -0.1) is 0 Å². The predicted octanol–water partition coefficient (Wildman–Crippen LogP) is 6.12. The second-order valence-electron chi connectivity index (χ2n) is 7.29. The van der Waals surface area contributed by atoms with Crippen molar-refractivity contribution < 1.29 is 18.3 Å². The van der Waals surface area contributed by atoms with Gasteiger partial charge in [-0.25, -0.2) is 13.8 Å². The third kappa shape index (κ3) is 6.14. The Morgan fingerprint density at radius 1 is 1.12 bits per heavy atom. The summed E-state index contributed by atoms with van der Waals surface area (Å²) in [4.78, 5) is 17.0. The van der Waals surface area contributed by atoms with Crippen molar-refractivity contribution in [1.82, 2.24) is 10.3 Å². The third-order valence-electron chi connectivity index (χ3n) is 4.70. The van der Waals surface area contributed by atoms with Crippen molar-refractivity contribution in [3.63, 3.8) is 0 Å². The van der Waals surface area contributed by atoms with Crippen LogP contribution in [0.2, 0.25) is 0 Å². The van der Waals surface area contributed by atoms with Crippen LogP contribution in [-0.2, 0) is 6.54 Å². The first kappa shape index (κ1) is 22.9. The zero-order valence-electron chi connectivity index (χ0n) is 18.2. The van der Waals surface area contributed by atoms with Gasteiger partial charge in [-0.3, -0.25) is 4.79 Å². The van der Waals surface area contributed by atoms with Gasteiger partial charge in [0.25, 0.3) is 5.91 Å². The van der Waals surface area contributed by atoms with Gasteiger partial charge in [0.2, 0.25) is 0 Å². The van der Waals surface area contributed by atoms with Crippen LogP contribution in [0.4, 0.5) is 14.6 Å². The molecule has 0 aliphatic heterocycles. The predicted molar refractivity (Wildman–Crippen MR) is 121 cm³/mol. The maximum absolute atomic E-state index is 13.4. The van der Waals surface area contributed by atoms with Gasteiger partial charge in [-0.1, -0.05) is 19.1 Å². The Hall–Kier alpha value is -3.74. The number of rotatable bonds is 8. The average Bonchev–Trinajstić information content (AvgIpc) is 2.73. The number of amides is 1. The SMILES string of the molecule is CC/C=C(\C)Nc1cc(Oc2cccc(C(=O)NCc3cc(F)cc(F)c3)c2C)ccn1. The number of carbonyl (C=O) groups is 1. The lowest BCUT2D eigenvalue weighted by molar-refractivity contribution is 0.0950. The lowest BCUT2D eigenvalue weighted by Crippen LogP contribution is -2.23. The molecule has 32 heavy (non-hydrogen) atoms. The van der Waals surface area contributed by atoms with Gasteiger partial charge in [-0.05, 0) is 56.2 Å². The van der Waals surface area contributed by atoms with Gasteiger partial charge in [0, 0.05) is 41.7 Å². The quantitative estimate of drug-likeness (QED) is 0.446. The van der Waals surface area contributed by atoms with Crippen molar-refractivity contribution >= 4 is 11.7 Å². The number of halogens is 2. The van der Waals surface area contributed by atoms with Crippen LogP contribution in [0.15, 0.2) is 66.5 Å². The van der Waals surface area contributed by atoms with Crippen molar-refractivity contribution in [2.75, 3.05) is 5.32 Å². The van der Waals surface area contributed by atoms with Crippen LogP contribution in [0.3, 0.4) is 0 Å². The molecule has 5 nitrogen and oxygen atoms in total. The summed E-state index contributed by atoms with van der Waals surface area (Å²) in [5.74, 6) is 0.00329. The molecule has 0 spiro atoms. The molecule has 0 aliphatic rings. The van der Waals surface area contributed by atoms with E-state index in [1.807, 2.05) is 6.92 Å². The number of hydrogen-bond donors (Lipinski definition) is 2. The summed E-state index contributed by atoms with van der Waals surface area (Å²) in [6.45, 7) is 5.80. The minimum Gasteiger partial charge on any atom is -0.457 e. The number of carbonyl (C=O) groups excluding carboxylic acids is 1. The highest BCUT2D eigenvalue weighted by atomic mass is 19.1. The molecule has 0 aliphatic carbocycles. The fourth-order valence-electron chi connectivity index (χ4n) is 3.19. The van der Waals surface area contributed by atoms with E-state index in [4.69, 9.17) is 4.74 Å². The molecule has 1 aromatic heterocycles. The Morgan fingerprint density at radius 2 is 1.88 bits per heavy atom. The maximum Gasteiger partial charge on any atom is 0.251 e. The third-order valence-corrected chi connectivity index (χ3v) is 4.70.